The van der Waals surface area contributed by atoms with E-state index in [-0.39, 0.29) is 11.9 Å². The number of thiophene rings is 1. The molecule has 0 amide bonds. The van der Waals surface area contributed by atoms with Crippen molar-refractivity contribution < 1.29 is 9.53 Å². The Kier molecular flexibility index (Phi) is 6.38. The van der Waals surface area contributed by atoms with Gasteiger partial charge >= 0.3 is 5.97 Å². The molecule has 6 heteroatoms. The number of carbonyl (C=O) groups excluding carboxylic acids is 1. The molecule has 1 fully saturated rings. The third-order valence-electron chi connectivity index (χ3n) is 6.35. The molecule has 1 aliphatic heterocycles. The second kappa shape index (κ2) is 8.99. The van der Waals surface area contributed by atoms with Crippen LogP contribution in [0.25, 0.3) is 10.2 Å². The molecule has 0 N–H and O–H groups in total. The number of aryl methyl sites for hydroxylation is 2. The first kappa shape index (κ1) is 20.6. The number of hydrogen-bond donors (Lipinski definition) is 0. The number of esters is 1. The standard InChI is InChI=1S/C23H33N3O2S/c1-4-6-7-19-24-21(26-12-10-16(11-13-26)23(27)28-5-2)20-17-9-8-15(3)14-18(17)29-22(20)25-19/h15-16H,4-14H2,1-3H3. The van der Waals surface area contributed by atoms with Crippen LogP contribution in [-0.2, 0) is 28.8 Å². The smallest absolute Gasteiger partial charge is 0.309 e. The molecule has 29 heavy (non-hydrogen) atoms. The first-order valence-electron chi connectivity index (χ1n) is 11.3. The van der Waals surface area contributed by atoms with E-state index in [0.29, 0.717) is 6.61 Å². The summed E-state index contributed by atoms with van der Waals surface area (Å²) in [6, 6.07) is 0. The lowest BCUT2D eigenvalue weighted by molar-refractivity contribution is -0.148. The molecule has 0 bridgehead atoms. The molecular weight excluding hydrogens is 382 g/mol. The second-order valence-electron chi connectivity index (χ2n) is 8.61. The van der Waals surface area contributed by atoms with E-state index in [1.165, 1.54) is 33.5 Å². The van der Waals surface area contributed by atoms with Gasteiger partial charge in [0.15, 0.2) is 0 Å². The van der Waals surface area contributed by atoms with Crippen LogP contribution in [0.4, 0.5) is 5.82 Å². The highest BCUT2D eigenvalue weighted by atomic mass is 32.1. The van der Waals surface area contributed by atoms with Crippen LogP contribution in [0.2, 0.25) is 0 Å². The molecule has 4 rings (SSSR count). The van der Waals surface area contributed by atoms with Gasteiger partial charge in [-0.2, -0.15) is 0 Å². The zero-order valence-corrected chi connectivity index (χ0v) is 18.8. The minimum absolute atomic E-state index is 0.0281. The summed E-state index contributed by atoms with van der Waals surface area (Å²) in [6.45, 7) is 8.64. The summed E-state index contributed by atoms with van der Waals surface area (Å²) in [5.74, 6) is 2.85. The fourth-order valence-electron chi connectivity index (χ4n) is 4.63. The van der Waals surface area contributed by atoms with Crippen LogP contribution in [0.15, 0.2) is 0 Å². The van der Waals surface area contributed by atoms with Crippen LogP contribution < -0.4 is 4.90 Å². The fourth-order valence-corrected chi connectivity index (χ4v) is 6.02. The van der Waals surface area contributed by atoms with E-state index in [1.54, 1.807) is 0 Å². The second-order valence-corrected chi connectivity index (χ2v) is 9.70. The average molecular weight is 416 g/mol. The average Bonchev–Trinajstić information content (AvgIpc) is 3.09. The van der Waals surface area contributed by atoms with Crippen LogP contribution in [-0.4, -0.2) is 35.6 Å². The highest BCUT2D eigenvalue weighted by Crippen LogP contribution is 2.41. The fraction of sp³-hybridized carbons (Fsp3) is 0.696. The number of aromatic nitrogens is 2. The summed E-state index contributed by atoms with van der Waals surface area (Å²) in [6.07, 6.45) is 8.47. The van der Waals surface area contributed by atoms with Crippen LogP contribution in [0.1, 0.15) is 69.1 Å². The van der Waals surface area contributed by atoms with Crippen molar-refractivity contribution in [1.82, 2.24) is 9.97 Å². The molecule has 0 radical (unpaired) electrons. The zero-order chi connectivity index (χ0) is 20.4. The number of anilines is 1. The molecule has 1 atom stereocenters. The number of ether oxygens (including phenoxy) is 1. The number of rotatable bonds is 6. The summed E-state index contributed by atoms with van der Waals surface area (Å²) < 4.78 is 5.25. The van der Waals surface area contributed by atoms with Gasteiger partial charge in [0.2, 0.25) is 0 Å². The van der Waals surface area contributed by atoms with Gasteiger partial charge in [-0.05, 0) is 56.9 Å². The topological polar surface area (TPSA) is 55.3 Å². The summed E-state index contributed by atoms with van der Waals surface area (Å²) in [7, 11) is 0. The van der Waals surface area contributed by atoms with Crippen molar-refractivity contribution in [1.29, 1.82) is 0 Å². The van der Waals surface area contributed by atoms with Crippen molar-refractivity contribution in [3.63, 3.8) is 0 Å². The first-order valence-corrected chi connectivity index (χ1v) is 12.1. The van der Waals surface area contributed by atoms with Gasteiger partial charge < -0.3 is 9.64 Å². The van der Waals surface area contributed by atoms with Crippen molar-refractivity contribution in [2.24, 2.45) is 11.8 Å². The van der Waals surface area contributed by atoms with Crippen molar-refractivity contribution in [2.45, 2.75) is 72.1 Å². The third-order valence-corrected chi connectivity index (χ3v) is 7.50. The maximum atomic E-state index is 12.1. The van der Waals surface area contributed by atoms with Crippen molar-refractivity contribution in [2.75, 3.05) is 24.6 Å². The molecule has 1 saturated heterocycles. The lowest BCUT2D eigenvalue weighted by Gasteiger charge is -2.32. The van der Waals surface area contributed by atoms with Crippen molar-refractivity contribution >= 4 is 33.3 Å². The Balaban J connectivity index is 1.66. The maximum Gasteiger partial charge on any atom is 0.309 e. The summed E-state index contributed by atoms with van der Waals surface area (Å²) in [5, 5.41) is 1.30. The minimum Gasteiger partial charge on any atom is -0.466 e. The Morgan fingerprint density at radius 2 is 2.00 bits per heavy atom. The molecule has 1 aliphatic carbocycles. The number of piperidine rings is 1. The first-order chi connectivity index (χ1) is 14.1. The van der Waals surface area contributed by atoms with E-state index in [0.717, 1.165) is 69.2 Å². The predicted molar refractivity (Wildman–Crippen MR) is 119 cm³/mol. The summed E-state index contributed by atoms with van der Waals surface area (Å²) in [5.41, 5.74) is 1.49. The number of nitrogens with zero attached hydrogens (tertiary/aromatic N) is 3. The van der Waals surface area contributed by atoms with E-state index in [2.05, 4.69) is 18.7 Å². The molecule has 158 valence electrons. The number of fused-ring (bicyclic) bond motifs is 3. The van der Waals surface area contributed by atoms with E-state index < -0.39 is 0 Å². The highest BCUT2D eigenvalue weighted by Gasteiger charge is 2.30. The van der Waals surface area contributed by atoms with Crippen molar-refractivity contribution in [3.05, 3.63) is 16.3 Å². The molecule has 2 aromatic heterocycles. The van der Waals surface area contributed by atoms with E-state index in [9.17, 15) is 4.79 Å². The Hall–Kier alpha value is -1.69. The van der Waals surface area contributed by atoms with Gasteiger partial charge in [0.1, 0.15) is 16.5 Å². The van der Waals surface area contributed by atoms with Gasteiger partial charge in [0.05, 0.1) is 17.9 Å². The van der Waals surface area contributed by atoms with Gasteiger partial charge in [-0.1, -0.05) is 20.3 Å². The van der Waals surface area contributed by atoms with E-state index in [1.807, 2.05) is 18.3 Å². The SMILES string of the molecule is CCCCc1nc(N2CCC(C(=O)OCC)CC2)c2c3c(sc2n1)CC(C)CC3. The molecule has 0 aromatic carbocycles. The zero-order valence-electron chi connectivity index (χ0n) is 18.0. The van der Waals surface area contributed by atoms with Gasteiger partial charge in [-0.25, -0.2) is 9.97 Å². The summed E-state index contributed by atoms with van der Waals surface area (Å²) >= 11 is 1.89. The van der Waals surface area contributed by atoms with Gasteiger partial charge in [-0.3, -0.25) is 4.79 Å². The molecule has 3 heterocycles. The molecule has 1 unspecified atom stereocenters. The lowest BCUT2D eigenvalue weighted by Crippen LogP contribution is -2.37. The molecule has 0 spiro atoms. The normalized spacial score (nSPS) is 20.1. The summed E-state index contributed by atoms with van der Waals surface area (Å²) in [4.78, 5) is 27.3. The Morgan fingerprint density at radius 1 is 1.21 bits per heavy atom. The number of carbonyl (C=O) groups is 1. The monoisotopic (exact) mass is 415 g/mol. The molecule has 2 aromatic rings. The Bertz CT molecular complexity index is 871. The highest BCUT2D eigenvalue weighted by molar-refractivity contribution is 7.19. The van der Waals surface area contributed by atoms with Gasteiger partial charge in [0, 0.05) is 24.4 Å². The van der Waals surface area contributed by atoms with E-state index in [4.69, 9.17) is 14.7 Å². The van der Waals surface area contributed by atoms with Crippen LogP contribution in [0, 0.1) is 11.8 Å². The van der Waals surface area contributed by atoms with Gasteiger partial charge in [-0.15, -0.1) is 11.3 Å². The number of hydrogen-bond acceptors (Lipinski definition) is 6. The van der Waals surface area contributed by atoms with Crippen LogP contribution >= 0.6 is 11.3 Å². The van der Waals surface area contributed by atoms with Crippen LogP contribution in [0.3, 0.4) is 0 Å². The quantitative estimate of drug-likeness (QED) is 0.626. The Morgan fingerprint density at radius 3 is 2.72 bits per heavy atom. The van der Waals surface area contributed by atoms with E-state index >= 15 is 0 Å². The largest absolute Gasteiger partial charge is 0.466 e. The number of unbranched alkanes of at least 4 members (excludes halogenated alkanes) is 1. The molecule has 0 saturated carbocycles. The molecular formula is C23H33N3O2S. The van der Waals surface area contributed by atoms with Crippen LogP contribution in [0.5, 0.6) is 0 Å². The lowest BCUT2D eigenvalue weighted by atomic mass is 9.89. The van der Waals surface area contributed by atoms with Gasteiger partial charge in [0.25, 0.3) is 0 Å². The third kappa shape index (κ3) is 4.27. The maximum absolute atomic E-state index is 12.1. The Labute approximate surface area is 177 Å². The van der Waals surface area contributed by atoms with Crippen molar-refractivity contribution in [3.8, 4) is 0 Å². The predicted octanol–water partition coefficient (Wildman–Crippen LogP) is 4.94. The minimum atomic E-state index is -0.0366. The molecule has 2 aliphatic rings. The molecule has 5 nitrogen and oxygen atoms in total.